The van der Waals surface area contributed by atoms with Gasteiger partial charge in [0.25, 0.3) is 6.71 Å². The standard InChI is InChI=1S/C55H36BNO2SSi/c58-55(38-16-4-1-5-17-38)39-30-28-37(29-31-39)40-34-49-54-51(35-40)60-50-36-41(32-33-45(50)56(54)44-22-10-13-25-48(44)59-49)57-46-23-11-14-26-52(46)61(42-18-6-2-7-19-42,43-20-8-3-9-21-43)53-27-15-12-24-47(53)57/h1-36H. The van der Waals surface area contributed by atoms with Gasteiger partial charge in [-0.1, -0.05) is 193 Å². The van der Waals surface area contributed by atoms with Crippen molar-refractivity contribution in [3.8, 4) is 22.6 Å². The maximum atomic E-state index is 13.3. The van der Waals surface area contributed by atoms with Gasteiger partial charge in [0.1, 0.15) is 11.5 Å². The molecule has 61 heavy (non-hydrogen) atoms. The maximum Gasteiger partial charge on any atom is 0.253 e. The Morgan fingerprint density at radius 2 is 1.05 bits per heavy atom. The van der Waals surface area contributed by atoms with E-state index in [4.69, 9.17) is 4.74 Å². The smallest absolute Gasteiger partial charge is 0.253 e. The minimum absolute atomic E-state index is 0.0190. The highest BCUT2D eigenvalue weighted by molar-refractivity contribution is 8.00. The first-order chi connectivity index (χ1) is 30.2. The van der Waals surface area contributed by atoms with Gasteiger partial charge in [0.05, 0.1) is 0 Å². The number of ketones is 1. The van der Waals surface area contributed by atoms with Crippen LogP contribution in [0.1, 0.15) is 15.9 Å². The van der Waals surface area contributed by atoms with Gasteiger partial charge >= 0.3 is 0 Å². The Morgan fingerprint density at radius 1 is 0.475 bits per heavy atom. The maximum absolute atomic E-state index is 13.3. The summed E-state index contributed by atoms with van der Waals surface area (Å²) in [5, 5.41) is 5.51. The first-order valence-electron chi connectivity index (χ1n) is 20.7. The number of para-hydroxylation sites is 3. The molecule has 9 aromatic rings. The molecule has 6 heteroatoms. The minimum Gasteiger partial charge on any atom is -0.458 e. The molecular weight excluding hydrogens is 778 g/mol. The highest BCUT2D eigenvalue weighted by Crippen LogP contribution is 2.44. The Balaban J connectivity index is 1.00. The number of carbonyl (C=O) groups is 1. The van der Waals surface area contributed by atoms with Crippen molar-refractivity contribution in [2.24, 2.45) is 0 Å². The van der Waals surface area contributed by atoms with E-state index < -0.39 is 8.07 Å². The second kappa shape index (κ2) is 14.3. The lowest BCUT2D eigenvalue weighted by Crippen LogP contribution is -2.77. The number of carbonyl (C=O) groups excluding carboxylic acids is 1. The molecule has 3 aliphatic rings. The fourth-order valence-electron chi connectivity index (χ4n) is 10.00. The quantitative estimate of drug-likeness (QED) is 0.124. The molecule has 286 valence electrons. The molecule has 0 aromatic heterocycles. The molecule has 0 atom stereocenters. The molecule has 0 saturated heterocycles. The number of hydrogen-bond acceptors (Lipinski definition) is 4. The molecule has 0 fully saturated rings. The van der Waals surface area contributed by atoms with Gasteiger partial charge in [0, 0.05) is 38.0 Å². The molecule has 0 unspecified atom stereocenters. The number of anilines is 3. The fourth-order valence-corrected chi connectivity index (χ4v) is 16.3. The van der Waals surface area contributed by atoms with Gasteiger partial charge in [-0.05, 0) is 85.3 Å². The summed E-state index contributed by atoms with van der Waals surface area (Å²) in [4.78, 5) is 18.2. The van der Waals surface area contributed by atoms with Crippen LogP contribution in [0.15, 0.2) is 228 Å². The van der Waals surface area contributed by atoms with E-state index in [1.54, 1.807) is 0 Å². The number of nitrogens with zero attached hydrogens (tertiary/aromatic N) is 1. The topological polar surface area (TPSA) is 29.5 Å². The van der Waals surface area contributed by atoms with Crippen molar-refractivity contribution in [1.29, 1.82) is 0 Å². The van der Waals surface area contributed by atoms with Crippen LogP contribution in [0.4, 0.5) is 17.1 Å². The molecule has 0 radical (unpaired) electrons. The van der Waals surface area contributed by atoms with Crippen LogP contribution in [0.25, 0.3) is 11.1 Å². The molecule has 0 aliphatic carbocycles. The summed E-state index contributed by atoms with van der Waals surface area (Å²) < 4.78 is 6.74. The Bertz CT molecular complexity index is 3090. The molecule has 0 saturated carbocycles. The number of ether oxygens (including phenoxy) is 1. The summed E-state index contributed by atoms with van der Waals surface area (Å²) in [7, 11) is -2.73. The van der Waals surface area contributed by atoms with Crippen LogP contribution in [-0.2, 0) is 0 Å². The zero-order valence-electron chi connectivity index (χ0n) is 33.0. The van der Waals surface area contributed by atoms with Crippen molar-refractivity contribution in [2.45, 2.75) is 9.79 Å². The van der Waals surface area contributed by atoms with E-state index in [0.717, 1.165) is 28.3 Å². The summed E-state index contributed by atoms with van der Waals surface area (Å²) >= 11 is 1.82. The fraction of sp³-hybridized carbons (Fsp3) is 0. The van der Waals surface area contributed by atoms with Crippen LogP contribution in [0.3, 0.4) is 0 Å². The van der Waals surface area contributed by atoms with E-state index in [1.165, 1.54) is 58.3 Å². The van der Waals surface area contributed by atoms with E-state index in [9.17, 15) is 4.79 Å². The van der Waals surface area contributed by atoms with E-state index in [0.29, 0.717) is 11.1 Å². The Hall–Kier alpha value is -7.12. The van der Waals surface area contributed by atoms with Crippen molar-refractivity contribution in [3.63, 3.8) is 0 Å². The first kappa shape index (κ1) is 35.8. The van der Waals surface area contributed by atoms with Crippen LogP contribution in [-0.4, -0.2) is 20.6 Å². The van der Waals surface area contributed by atoms with Gasteiger partial charge in [-0.25, -0.2) is 0 Å². The number of rotatable bonds is 6. The van der Waals surface area contributed by atoms with Crippen LogP contribution in [0, 0.1) is 0 Å². The molecule has 0 amide bonds. The average Bonchev–Trinajstić information content (AvgIpc) is 3.33. The van der Waals surface area contributed by atoms with Gasteiger partial charge < -0.3 is 9.64 Å². The first-order valence-corrected chi connectivity index (χ1v) is 23.6. The lowest BCUT2D eigenvalue weighted by Gasteiger charge is -2.45. The van der Waals surface area contributed by atoms with Crippen molar-refractivity contribution in [1.82, 2.24) is 0 Å². The van der Waals surface area contributed by atoms with Crippen LogP contribution in [0.5, 0.6) is 11.5 Å². The summed E-state index contributed by atoms with van der Waals surface area (Å²) in [5.74, 6) is 1.78. The van der Waals surface area contributed by atoms with Crippen molar-refractivity contribution in [3.05, 3.63) is 230 Å². The van der Waals surface area contributed by atoms with E-state index in [1.807, 2.05) is 54.2 Å². The molecule has 3 nitrogen and oxygen atoms in total. The third-order valence-electron chi connectivity index (χ3n) is 12.7. The zero-order valence-corrected chi connectivity index (χ0v) is 34.9. The summed E-state index contributed by atoms with van der Waals surface area (Å²) in [6.07, 6.45) is 0. The zero-order chi connectivity index (χ0) is 40.5. The molecule has 12 rings (SSSR count). The van der Waals surface area contributed by atoms with Crippen LogP contribution in [0.2, 0.25) is 0 Å². The second-order valence-electron chi connectivity index (χ2n) is 15.9. The van der Waals surface area contributed by atoms with Crippen LogP contribution < -0.4 is 46.8 Å². The highest BCUT2D eigenvalue weighted by atomic mass is 32.2. The predicted octanol–water partition coefficient (Wildman–Crippen LogP) is 8.83. The largest absolute Gasteiger partial charge is 0.458 e. The summed E-state index contributed by atoms with van der Waals surface area (Å²) in [5.41, 5.74) is 10.7. The van der Waals surface area contributed by atoms with E-state index in [-0.39, 0.29) is 12.5 Å². The van der Waals surface area contributed by atoms with Crippen LogP contribution >= 0.6 is 11.8 Å². The molecule has 0 bridgehead atoms. The molecule has 3 aliphatic heterocycles. The predicted molar refractivity (Wildman–Crippen MR) is 255 cm³/mol. The van der Waals surface area contributed by atoms with Crippen molar-refractivity contribution in [2.75, 3.05) is 4.90 Å². The Kier molecular flexibility index (Phi) is 8.37. The normalized spacial score (nSPS) is 13.8. The third-order valence-corrected chi connectivity index (χ3v) is 18.6. The minimum atomic E-state index is -2.73. The van der Waals surface area contributed by atoms with Crippen molar-refractivity contribution < 1.29 is 9.53 Å². The van der Waals surface area contributed by atoms with Gasteiger partial charge in [0.15, 0.2) is 13.9 Å². The van der Waals surface area contributed by atoms with Gasteiger partial charge in [-0.15, -0.1) is 0 Å². The summed E-state index contributed by atoms with van der Waals surface area (Å²) in [6, 6.07) is 78.0. The molecule has 0 N–H and O–H groups in total. The van der Waals surface area contributed by atoms with Gasteiger partial charge in [-0.2, -0.15) is 0 Å². The lowest BCUT2D eigenvalue weighted by molar-refractivity contribution is 0.103. The Morgan fingerprint density at radius 3 is 1.72 bits per heavy atom. The summed E-state index contributed by atoms with van der Waals surface area (Å²) in [6.45, 7) is 0.0253. The third kappa shape index (κ3) is 5.56. The molecule has 9 aromatic carbocycles. The lowest BCUT2D eigenvalue weighted by atomic mass is 9.35. The number of hydrogen-bond donors (Lipinski definition) is 0. The SMILES string of the molecule is O=C(c1ccccc1)c1ccc(-c2cc3c4c(c2)Sc2cc(N5c6ccccc6[Si](c6ccccc6)(c6ccccc6)c6ccccc65)ccc2B4c2ccccc2O3)cc1. The van der Waals surface area contributed by atoms with Gasteiger partial charge in [0.2, 0.25) is 0 Å². The molecule has 0 spiro atoms. The number of benzene rings is 9. The molecular formula is C55H36BNO2SSi. The number of fused-ring (bicyclic) bond motifs is 6. The van der Waals surface area contributed by atoms with E-state index >= 15 is 0 Å². The monoisotopic (exact) mass is 813 g/mol. The Labute approximate surface area is 361 Å². The average molecular weight is 814 g/mol. The van der Waals surface area contributed by atoms with Crippen molar-refractivity contribution >= 4 is 86.5 Å². The van der Waals surface area contributed by atoms with E-state index in [2.05, 4.69) is 181 Å². The second-order valence-corrected chi connectivity index (χ2v) is 20.7. The van der Waals surface area contributed by atoms with Gasteiger partial charge in [-0.3, -0.25) is 4.79 Å². The highest BCUT2D eigenvalue weighted by Gasteiger charge is 2.49. The molecule has 3 heterocycles.